The van der Waals surface area contributed by atoms with E-state index in [0.29, 0.717) is 0 Å². The van der Waals surface area contributed by atoms with E-state index in [1.165, 1.54) is 0 Å². The van der Waals surface area contributed by atoms with E-state index in [2.05, 4.69) is 18.5 Å². The van der Waals surface area contributed by atoms with Crippen LogP contribution in [0.3, 0.4) is 0 Å². The number of aliphatic hydroxyl groups excluding tert-OH is 1. The molecular weight excluding hydrogens is 114 g/mol. The van der Waals surface area contributed by atoms with Gasteiger partial charge in [-0.2, -0.15) is 0 Å². The molecule has 1 N–H and O–H groups in total. The van der Waals surface area contributed by atoms with Gasteiger partial charge in [0.2, 0.25) is 0 Å². The quantitative estimate of drug-likeness (QED) is 0.517. The first-order chi connectivity index (χ1) is 2.81. The van der Waals surface area contributed by atoms with Gasteiger partial charge in [-0.25, -0.2) is 0 Å². The third-order valence-corrected chi connectivity index (χ3v) is 1.63. The third-order valence-electron chi connectivity index (χ3n) is 0.544. The minimum Gasteiger partial charge on any atom is -0.392 e. The number of hydrogen-bond donors (Lipinski definition) is 1. The highest BCUT2D eigenvalue weighted by atomic mass is 31.0. The van der Waals surface area contributed by atoms with Crippen LogP contribution in [0.25, 0.3) is 0 Å². The average Bonchev–Trinajstić information content (AvgIpc) is 1.65. The van der Waals surface area contributed by atoms with Crippen LogP contribution in [0.2, 0.25) is 0 Å². The van der Waals surface area contributed by atoms with E-state index in [-0.39, 0.29) is 6.10 Å². The molecule has 0 spiro atoms. The number of aliphatic hydroxyl groups is 1. The molecule has 0 aromatic heterocycles. The lowest BCUT2D eigenvalue weighted by Crippen LogP contribution is -2.07. The van der Waals surface area contributed by atoms with E-state index in [9.17, 15) is 0 Å². The molecule has 6 heavy (non-hydrogen) atoms. The highest BCUT2D eigenvalue weighted by Crippen LogP contribution is 1.93. The van der Waals surface area contributed by atoms with Crippen molar-refractivity contribution in [2.24, 2.45) is 0 Å². The maximum atomic E-state index is 8.62. The van der Waals surface area contributed by atoms with Crippen LogP contribution in [0.4, 0.5) is 0 Å². The molecule has 3 heteroatoms. The van der Waals surface area contributed by atoms with Crippen molar-refractivity contribution in [2.75, 3.05) is 12.3 Å². The highest BCUT2D eigenvalue weighted by molar-refractivity contribution is 7.17. The number of rotatable bonds is 2. The molecule has 0 radical (unpaired) electrons. The van der Waals surface area contributed by atoms with Crippen LogP contribution in [0, 0.1) is 0 Å². The predicted octanol–water partition coefficient (Wildman–Crippen LogP) is 0.0975. The van der Waals surface area contributed by atoms with Crippen LogP contribution in [-0.2, 0) is 0 Å². The monoisotopic (exact) mass is 124 g/mol. The van der Waals surface area contributed by atoms with Crippen LogP contribution in [0.1, 0.15) is 0 Å². The summed E-state index contributed by atoms with van der Waals surface area (Å²) >= 11 is 0. The first-order valence-electron chi connectivity index (χ1n) is 1.89. The highest BCUT2D eigenvalue weighted by Gasteiger charge is 1.90. The molecule has 0 amide bonds. The van der Waals surface area contributed by atoms with Gasteiger partial charge in [-0.15, -0.1) is 18.5 Å². The molecular formula is C3H10OP2. The Morgan fingerprint density at radius 3 is 1.67 bits per heavy atom. The lowest BCUT2D eigenvalue weighted by atomic mass is 10.5. The maximum Gasteiger partial charge on any atom is 0.0608 e. The predicted molar refractivity (Wildman–Crippen MR) is 35.2 cm³/mol. The van der Waals surface area contributed by atoms with Gasteiger partial charge < -0.3 is 5.11 Å². The van der Waals surface area contributed by atoms with Crippen LogP contribution in [0.15, 0.2) is 0 Å². The van der Waals surface area contributed by atoms with Crippen molar-refractivity contribution in [3.63, 3.8) is 0 Å². The Bertz CT molecular complexity index is 28.0. The van der Waals surface area contributed by atoms with Crippen molar-refractivity contribution >= 4 is 18.5 Å². The van der Waals surface area contributed by atoms with Crippen molar-refractivity contribution < 1.29 is 5.11 Å². The van der Waals surface area contributed by atoms with Crippen LogP contribution >= 0.6 is 18.5 Å². The van der Waals surface area contributed by atoms with Gasteiger partial charge in [-0.05, 0) is 12.3 Å². The molecule has 0 aliphatic carbocycles. The minimum atomic E-state index is -0.139. The molecule has 0 heterocycles. The largest absolute Gasteiger partial charge is 0.392 e. The standard InChI is InChI=1S/C3H10OP2/c4-3(1-5)2-6/h3-4H,1-2,5-6H2. The molecule has 2 atom stereocenters. The Kier molecular flexibility index (Phi) is 4.54. The van der Waals surface area contributed by atoms with Crippen molar-refractivity contribution in [1.29, 1.82) is 0 Å². The van der Waals surface area contributed by atoms with Crippen molar-refractivity contribution in [3.05, 3.63) is 0 Å². The van der Waals surface area contributed by atoms with Gasteiger partial charge in [0, 0.05) is 0 Å². The Hall–Kier alpha value is 0.820. The topological polar surface area (TPSA) is 20.2 Å². The zero-order valence-corrected chi connectivity index (χ0v) is 5.90. The second kappa shape index (κ2) is 3.99. The summed E-state index contributed by atoms with van der Waals surface area (Å²) in [6.07, 6.45) is 1.42. The molecule has 0 aromatic carbocycles. The summed E-state index contributed by atoms with van der Waals surface area (Å²) in [5.74, 6) is 0. The first kappa shape index (κ1) is 6.82. The van der Waals surface area contributed by atoms with E-state index in [0.717, 1.165) is 12.3 Å². The fourth-order valence-electron chi connectivity index (χ4n) is 0.0962. The molecule has 1 nitrogen and oxygen atoms in total. The zero-order valence-electron chi connectivity index (χ0n) is 3.59. The maximum absolute atomic E-state index is 8.62. The minimum absolute atomic E-state index is 0.139. The third kappa shape index (κ3) is 3.03. The van der Waals surface area contributed by atoms with Crippen LogP contribution in [-0.4, -0.2) is 23.5 Å². The van der Waals surface area contributed by atoms with Crippen molar-refractivity contribution in [3.8, 4) is 0 Å². The van der Waals surface area contributed by atoms with Gasteiger partial charge >= 0.3 is 0 Å². The van der Waals surface area contributed by atoms with Crippen LogP contribution in [0.5, 0.6) is 0 Å². The molecule has 0 aliphatic heterocycles. The fraction of sp³-hybridized carbons (Fsp3) is 1.00. The lowest BCUT2D eigenvalue weighted by molar-refractivity contribution is 0.225. The van der Waals surface area contributed by atoms with E-state index in [1.807, 2.05) is 0 Å². The second-order valence-corrected chi connectivity index (χ2v) is 2.07. The van der Waals surface area contributed by atoms with Gasteiger partial charge in [0.1, 0.15) is 0 Å². The average molecular weight is 124 g/mol. The molecule has 0 bridgehead atoms. The SMILES string of the molecule is OC(CP)CP. The molecule has 38 valence electrons. The normalized spacial score (nSPS) is 10.0. The lowest BCUT2D eigenvalue weighted by Gasteiger charge is -1.98. The van der Waals surface area contributed by atoms with Crippen molar-refractivity contribution in [1.82, 2.24) is 0 Å². The molecule has 0 fully saturated rings. The van der Waals surface area contributed by atoms with Crippen molar-refractivity contribution in [2.45, 2.75) is 6.10 Å². The summed E-state index contributed by atoms with van der Waals surface area (Å²) in [5, 5.41) is 8.62. The van der Waals surface area contributed by atoms with Gasteiger partial charge in [-0.1, -0.05) is 0 Å². The summed E-state index contributed by atoms with van der Waals surface area (Å²) in [4.78, 5) is 0. The van der Waals surface area contributed by atoms with E-state index in [1.54, 1.807) is 0 Å². The smallest absolute Gasteiger partial charge is 0.0608 e. The van der Waals surface area contributed by atoms with E-state index < -0.39 is 0 Å². The molecule has 0 saturated carbocycles. The molecule has 2 unspecified atom stereocenters. The van der Waals surface area contributed by atoms with Gasteiger partial charge in [0.25, 0.3) is 0 Å². The molecule has 0 aliphatic rings. The fourth-order valence-corrected chi connectivity index (χ4v) is 0.866. The summed E-state index contributed by atoms with van der Waals surface area (Å²) in [7, 11) is 4.95. The molecule has 0 rings (SSSR count). The summed E-state index contributed by atoms with van der Waals surface area (Å²) < 4.78 is 0. The summed E-state index contributed by atoms with van der Waals surface area (Å²) in [5.41, 5.74) is 0. The summed E-state index contributed by atoms with van der Waals surface area (Å²) in [6.45, 7) is 0. The Morgan fingerprint density at radius 2 is 1.67 bits per heavy atom. The Balaban J connectivity index is 2.75. The Labute approximate surface area is 42.9 Å². The second-order valence-electron chi connectivity index (χ2n) is 1.13. The number of hydrogen-bond acceptors (Lipinski definition) is 1. The van der Waals surface area contributed by atoms with E-state index >= 15 is 0 Å². The van der Waals surface area contributed by atoms with E-state index in [4.69, 9.17) is 5.11 Å². The van der Waals surface area contributed by atoms with Gasteiger partial charge in [0.05, 0.1) is 6.10 Å². The van der Waals surface area contributed by atoms with Crippen LogP contribution < -0.4 is 0 Å². The Morgan fingerprint density at radius 1 is 1.33 bits per heavy atom. The molecule has 0 aromatic rings. The van der Waals surface area contributed by atoms with Gasteiger partial charge in [-0.3, -0.25) is 0 Å². The molecule has 0 saturated heterocycles. The summed E-state index contributed by atoms with van der Waals surface area (Å²) in [6, 6.07) is 0. The van der Waals surface area contributed by atoms with Gasteiger partial charge in [0.15, 0.2) is 0 Å². The first-order valence-corrected chi connectivity index (χ1v) is 3.52. The zero-order chi connectivity index (χ0) is 4.99.